The van der Waals surface area contributed by atoms with E-state index in [1.54, 1.807) is 0 Å². The van der Waals surface area contributed by atoms with Crippen LogP contribution in [-0.4, -0.2) is 11.0 Å². The van der Waals surface area contributed by atoms with E-state index in [9.17, 15) is 0 Å². The topological polar surface area (TPSA) is 111 Å². The van der Waals surface area contributed by atoms with Crippen LogP contribution in [0.25, 0.3) is 0 Å². The Kier molecular flexibility index (Phi) is 522. The van der Waals surface area contributed by atoms with Gasteiger partial charge >= 0.3 is 0 Å². The van der Waals surface area contributed by atoms with Crippen LogP contribution < -0.4 is 0 Å². The molecular weight excluding hydrogens is 60.0 g/mol. The molecule has 0 amide bonds. The lowest BCUT2D eigenvalue weighted by atomic mass is 13.3. The van der Waals surface area contributed by atoms with Gasteiger partial charge in [-0.05, 0) is 0 Å². The minimum Gasteiger partial charge on any atom is -0.412 e. The zero-order valence-electron chi connectivity index (χ0n) is 2.00. The molecule has 0 spiro atoms. The zero-order valence-corrected chi connectivity index (χ0v) is 2.00. The maximum atomic E-state index is 5.00. The Labute approximate surface area is 23.4 Å². The molecule has 0 bridgehead atoms. The lowest BCUT2D eigenvalue weighted by Crippen LogP contribution is -0.623. The van der Waals surface area contributed by atoms with Gasteiger partial charge in [-0.3, -0.25) is 0 Å². The molecule has 0 fully saturated rings. The first kappa shape index (κ1) is 82.7. The van der Waals surface area contributed by atoms with Crippen molar-refractivity contribution in [3.05, 3.63) is 0 Å². The molecule has 0 aromatic rings. The minimum atomic E-state index is 0. The molecule has 0 saturated carbocycles. The van der Waals surface area contributed by atoms with Crippen LogP contribution in [0.3, 0.4) is 0 Å². The summed E-state index contributed by atoms with van der Waals surface area (Å²) in [6.07, 6.45) is 0. The second-order valence-corrected chi connectivity index (χ2v) is 0. The van der Waals surface area contributed by atoms with E-state index in [0.717, 1.165) is 0 Å². The number of nitrogens with one attached hydrogen (secondary N) is 2. The summed E-state index contributed by atoms with van der Waals surface area (Å²) in [7, 11) is 0. The van der Waals surface area contributed by atoms with Crippen molar-refractivity contribution >= 4 is 0 Å². The van der Waals surface area contributed by atoms with Crippen LogP contribution >= 0.6 is 0 Å². The molecule has 0 aliphatic carbocycles. The summed E-state index contributed by atoms with van der Waals surface area (Å²) in [4.78, 5) is 0. The largest absolute Gasteiger partial charge is 0.412 e. The van der Waals surface area contributed by atoms with Gasteiger partial charge in [-0.1, -0.05) is 0 Å². The minimum absolute atomic E-state index is 0. The molecule has 6 N–H and O–H groups in total. The highest BCUT2D eigenvalue weighted by molar-refractivity contribution is 2.46. The highest BCUT2D eigenvalue weighted by Gasteiger charge is 0.494. The number of hydrogen-bond donors (Lipinski definition) is 2. The summed E-state index contributed by atoms with van der Waals surface area (Å²) in [6, 6.07) is 0. The molecule has 0 heterocycles. The van der Waals surface area contributed by atoms with Gasteiger partial charge in [-0.25, -0.2) is 11.1 Å². The number of rotatable bonds is 0. The molecule has 4 heavy (non-hydrogen) atoms. The van der Waals surface area contributed by atoms with Crippen molar-refractivity contribution in [3.63, 3.8) is 0 Å². The summed E-state index contributed by atoms with van der Waals surface area (Å²) in [6.45, 7) is 0. The predicted octanol–water partition coefficient (Wildman–Crippen LogP) is -1.05. The van der Waals surface area contributed by atoms with Gasteiger partial charge in [0.1, 0.15) is 0 Å². The zero-order chi connectivity index (χ0) is 2.00. The standard InChI is InChI=1S/H2N2.2H2O/c1-2;;/h1-2H;2*1H2. The third-order valence-electron chi connectivity index (χ3n) is 0. The molecule has 0 atom stereocenters. The Balaban J connectivity index is -0.00000000500. The fourth-order valence-electron chi connectivity index (χ4n) is 0. The van der Waals surface area contributed by atoms with Gasteiger partial charge in [0.2, 0.25) is 0 Å². The summed E-state index contributed by atoms with van der Waals surface area (Å²) in [5.41, 5.74) is 10.0. The van der Waals surface area contributed by atoms with E-state index in [1.165, 1.54) is 0 Å². The Hall–Kier alpha value is -0.480. The van der Waals surface area contributed by atoms with E-state index in [1.807, 2.05) is 0 Å². The van der Waals surface area contributed by atoms with E-state index in [2.05, 4.69) is 0 Å². The number of hydrogen-bond acceptors (Lipinski definition) is 2. The molecule has 28 valence electrons. The van der Waals surface area contributed by atoms with Crippen molar-refractivity contribution in [1.82, 2.24) is 0 Å². The van der Waals surface area contributed by atoms with Gasteiger partial charge in [0.05, 0.1) is 0 Å². The van der Waals surface area contributed by atoms with E-state index in [0.29, 0.717) is 0 Å². The summed E-state index contributed by atoms with van der Waals surface area (Å²) in [5, 5.41) is 0. The van der Waals surface area contributed by atoms with Crippen LogP contribution in [0.5, 0.6) is 0 Å². The van der Waals surface area contributed by atoms with Gasteiger partial charge in [-0.15, -0.1) is 0 Å². The first-order valence-corrected chi connectivity index (χ1v) is 0.250. The fourth-order valence-corrected chi connectivity index (χ4v) is 0. The predicted molar refractivity (Wildman–Crippen MR) is 12.7 cm³/mol. The van der Waals surface area contributed by atoms with Crippen LogP contribution in [0, 0.1) is 11.1 Å². The highest BCUT2D eigenvalue weighted by atomic mass is 16.0. The summed E-state index contributed by atoms with van der Waals surface area (Å²) >= 11 is 0. The third-order valence-corrected chi connectivity index (χ3v) is 0. The van der Waals surface area contributed by atoms with Crippen LogP contribution in [0.2, 0.25) is 0 Å². The van der Waals surface area contributed by atoms with Crippen molar-refractivity contribution in [3.8, 4) is 0 Å². The Morgan fingerprint density at radius 1 is 0.750 bits per heavy atom. The molecule has 0 aliphatic rings. The Bertz CT molecular complexity index is 4.00. The van der Waals surface area contributed by atoms with E-state index in [4.69, 9.17) is 11.1 Å². The molecule has 0 aromatic carbocycles. The summed E-state index contributed by atoms with van der Waals surface area (Å²) < 4.78 is 0. The second-order valence-electron chi connectivity index (χ2n) is 0. The Morgan fingerprint density at radius 3 is 0.750 bits per heavy atom. The first-order valence-electron chi connectivity index (χ1n) is 0.250. The van der Waals surface area contributed by atoms with Gasteiger partial charge < -0.3 is 11.0 Å². The lowest BCUT2D eigenvalue weighted by molar-refractivity contribution is 0.823. The maximum absolute atomic E-state index is 5.00. The van der Waals surface area contributed by atoms with Crippen LogP contribution in [0.1, 0.15) is 0 Å². The van der Waals surface area contributed by atoms with Crippen molar-refractivity contribution in [2.24, 2.45) is 0 Å². The molecule has 0 unspecified atom stereocenters. The van der Waals surface area contributed by atoms with Gasteiger partial charge in [-0.2, -0.15) is 0 Å². The first-order chi connectivity index (χ1) is 1.00. The van der Waals surface area contributed by atoms with Gasteiger partial charge in [0.25, 0.3) is 0 Å². The SMILES string of the molecule is N=N.O.O. The molecule has 0 radical (unpaired) electrons. The summed E-state index contributed by atoms with van der Waals surface area (Å²) in [5.74, 6) is 0. The smallest absolute Gasteiger partial charge is 0.213 e. The van der Waals surface area contributed by atoms with Crippen LogP contribution in [-0.2, 0) is 0 Å². The van der Waals surface area contributed by atoms with E-state index in [-0.39, 0.29) is 11.0 Å². The highest BCUT2D eigenvalue weighted by Crippen LogP contribution is 0.791. The fraction of sp³-hybridized carbons (Fsp3) is 0. The average Bonchev–Trinajstić information content (AvgIpc) is 1.00. The maximum Gasteiger partial charge on any atom is -0.213 e. The third kappa shape index (κ3) is 1.78. The van der Waals surface area contributed by atoms with Crippen molar-refractivity contribution in [2.75, 3.05) is 0 Å². The average molecular weight is 66.1 g/mol. The van der Waals surface area contributed by atoms with Crippen LogP contribution in [0.4, 0.5) is 0 Å². The second kappa shape index (κ2) is 25.3. The van der Waals surface area contributed by atoms with E-state index >= 15 is 0 Å². The molecule has 4 heteroatoms. The van der Waals surface area contributed by atoms with Crippen molar-refractivity contribution < 1.29 is 11.0 Å². The lowest BCUT2D eigenvalue weighted by Gasteiger charge is -0.920. The molecule has 0 rings (SSSR count). The van der Waals surface area contributed by atoms with Crippen molar-refractivity contribution in [1.29, 1.82) is 11.1 Å². The van der Waals surface area contributed by atoms with Gasteiger partial charge in [0, 0.05) is 0 Å². The van der Waals surface area contributed by atoms with Gasteiger partial charge in [0.15, 0.2) is 0 Å². The monoisotopic (exact) mass is 66.0 g/mol. The van der Waals surface area contributed by atoms with E-state index < -0.39 is 0 Å². The van der Waals surface area contributed by atoms with Crippen molar-refractivity contribution in [2.45, 2.75) is 0 Å². The Morgan fingerprint density at radius 2 is 0.750 bits per heavy atom. The molecule has 0 aliphatic heterocycles. The molecule has 0 aromatic heterocycles. The molecule has 0 saturated heterocycles. The molecular formula is H6N2O2. The molecule has 4 nitrogen and oxygen atoms in total. The normalized spacial score (nSPS) is 1.00. The van der Waals surface area contributed by atoms with Crippen LogP contribution in [0.15, 0.2) is 0 Å². The quantitative estimate of drug-likeness (QED) is 0.336.